The van der Waals surface area contributed by atoms with Gasteiger partial charge in [0.2, 0.25) is 0 Å². The summed E-state index contributed by atoms with van der Waals surface area (Å²) in [6.45, 7) is 8.71. The molecule has 1 aromatic rings. The lowest BCUT2D eigenvalue weighted by Gasteiger charge is -2.35. The average Bonchev–Trinajstić information content (AvgIpc) is 2.28. The van der Waals surface area contributed by atoms with Gasteiger partial charge in [-0.15, -0.1) is 0 Å². The minimum Gasteiger partial charge on any atom is -0.354 e. The molecule has 0 radical (unpaired) electrons. The minimum atomic E-state index is 0.0614. The van der Waals surface area contributed by atoms with Crippen LogP contribution in [0.25, 0.3) is 0 Å². The van der Waals surface area contributed by atoms with Crippen LogP contribution >= 0.6 is 11.8 Å². The second kappa shape index (κ2) is 5.27. The van der Waals surface area contributed by atoms with Crippen molar-refractivity contribution in [3.63, 3.8) is 0 Å². The van der Waals surface area contributed by atoms with E-state index in [-0.39, 0.29) is 6.04 Å². The zero-order valence-electron chi connectivity index (χ0n) is 10.8. The highest BCUT2D eigenvalue weighted by molar-refractivity contribution is 8.00. The molecule has 0 aromatic carbocycles. The third-order valence-corrected chi connectivity index (χ3v) is 4.27. The Morgan fingerprint density at radius 1 is 1.35 bits per heavy atom. The fourth-order valence-electron chi connectivity index (χ4n) is 2.22. The van der Waals surface area contributed by atoms with Crippen molar-refractivity contribution in [2.75, 3.05) is 18.0 Å². The van der Waals surface area contributed by atoms with E-state index in [4.69, 9.17) is 5.73 Å². The quantitative estimate of drug-likeness (QED) is 0.876. The number of rotatable bonds is 2. The van der Waals surface area contributed by atoms with Crippen molar-refractivity contribution < 1.29 is 0 Å². The average molecular weight is 251 g/mol. The summed E-state index contributed by atoms with van der Waals surface area (Å²) in [5, 5.41) is 1.35. The molecule has 0 bridgehead atoms. The van der Waals surface area contributed by atoms with E-state index in [9.17, 15) is 0 Å². The molecule has 1 aromatic heterocycles. The van der Waals surface area contributed by atoms with Crippen LogP contribution in [-0.4, -0.2) is 28.6 Å². The second-order valence-electron chi connectivity index (χ2n) is 4.90. The Labute approximate surface area is 108 Å². The SMILES string of the molecule is CC1CN(c2ccc([C@H](C)N)cn2)CC(C)S1. The molecule has 2 N–H and O–H groups in total. The molecule has 3 atom stereocenters. The Bertz CT molecular complexity index is 353. The molecule has 0 saturated carbocycles. The van der Waals surface area contributed by atoms with Crippen molar-refractivity contribution in [1.29, 1.82) is 0 Å². The summed E-state index contributed by atoms with van der Waals surface area (Å²) in [6.07, 6.45) is 1.90. The summed E-state index contributed by atoms with van der Waals surface area (Å²) in [5.74, 6) is 1.08. The fourth-order valence-corrected chi connectivity index (χ4v) is 3.54. The van der Waals surface area contributed by atoms with Crippen LogP contribution in [0.15, 0.2) is 18.3 Å². The molecule has 3 nitrogen and oxygen atoms in total. The first-order valence-corrected chi connectivity index (χ1v) is 7.12. The molecular formula is C13H21N3S. The zero-order chi connectivity index (χ0) is 12.4. The largest absolute Gasteiger partial charge is 0.354 e. The lowest BCUT2D eigenvalue weighted by Crippen LogP contribution is -2.40. The molecule has 2 heterocycles. The van der Waals surface area contributed by atoms with E-state index in [1.54, 1.807) is 0 Å². The van der Waals surface area contributed by atoms with Gasteiger partial charge in [0.15, 0.2) is 0 Å². The van der Waals surface area contributed by atoms with Crippen molar-refractivity contribution in [2.45, 2.75) is 37.3 Å². The monoisotopic (exact) mass is 251 g/mol. The number of nitrogens with two attached hydrogens (primary N) is 1. The molecule has 17 heavy (non-hydrogen) atoms. The second-order valence-corrected chi connectivity index (χ2v) is 6.78. The van der Waals surface area contributed by atoms with Crippen LogP contribution in [0, 0.1) is 0 Å². The summed E-state index contributed by atoms with van der Waals surface area (Å²) in [4.78, 5) is 6.90. The predicted octanol–water partition coefficient (Wildman–Crippen LogP) is 2.43. The summed E-state index contributed by atoms with van der Waals surface area (Å²) in [6, 6.07) is 4.24. The molecule has 0 spiro atoms. The number of aromatic nitrogens is 1. The van der Waals surface area contributed by atoms with Gasteiger partial charge in [0.1, 0.15) is 5.82 Å². The van der Waals surface area contributed by atoms with Crippen molar-refractivity contribution in [2.24, 2.45) is 5.73 Å². The van der Waals surface area contributed by atoms with Gasteiger partial charge in [-0.05, 0) is 18.6 Å². The summed E-state index contributed by atoms with van der Waals surface area (Å²) >= 11 is 2.06. The molecule has 2 rings (SSSR count). The number of thioether (sulfide) groups is 1. The predicted molar refractivity (Wildman–Crippen MR) is 75.6 cm³/mol. The number of hydrogen-bond donors (Lipinski definition) is 1. The first-order chi connectivity index (χ1) is 8.06. The standard InChI is InChI=1S/C13H21N3S/c1-9-7-16(8-10(2)17-9)13-5-4-12(6-15-13)11(3)14/h4-6,9-11H,7-8,14H2,1-3H3/t9?,10?,11-/m0/s1. The zero-order valence-corrected chi connectivity index (χ0v) is 11.6. The van der Waals surface area contributed by atoms with Crippen LogP contribution in [0.1, 0.15) is 32.4 Å². The molecule has 0 aliphatic carbocycles. The first-order valence-electron chi connectivity index (χ1n) is 6.18. The molecular weight excluding hydrogens is 230 g/mol. The highest BCUT2D eigenvalue weighted by atomic mass is 32.2. The smallest absolute Gasteiger partial charge is 0.128 e. The van der Waals surface area contributed by atoms with E-state index in [0.717, 1.165) is 24.5 Å². The van der Waals surface area contributed by atoms with Crippen LogP contribution < -0.4 is 10.6 Å². The van der Waals surface area contributed by atoms with Crippen LogP contribution in [0.3, 0.4) is 0 Å². The lowest BCUT2D eigenvalue weighted by atomic mass is 10.1. The van der Waals surface area contributed by atoms with E-state index >= 15 is 0 Å². The van der Waals surface area contributed by atoms with Gasteiger partial charge < -0.3 is 10.6 Å². The van der Waals surface area contributed by atoms with Gasteiger partial charge in [-0.2, -0.15) is 11.8 Å². The van der Waals surface area contributed by atoms with Gasteiger partial charge in [0.05, 0.1) is 0 Å². The summed E-state index contributed by atoms with van der Waals surface area (Å²) in [7, 11) is 0. The maximum Gasteiger partial charge on any atom is 0.128 e. The Morgan fingerprint density at radius 3 is 2.47 bits per heavy atom. The maximum atomic E-state index is 5.83. The Hall–Kier alpha value is -0.740. The van der Waals surface area contributed by atoms with Gasteiger partial charge in [0, 0.05) is 35.8 Å². The molecule has 4 heteroatoms. The van der Waals surface area contributed by atoms with E-state index in [0.29, 0.717) is 10.5 Å². The lowest BCUT2D eigenvalue weighted by molar-refractivity contribution is 0.716. The van der Waals surface area contributed by atoms with Gasteiger partial charge in [-0.1, -0.05) is 19.9 Å². The summed E-state index contributed by atoms with van der Waals surface area (Å²) in [5.41, 5.74) is 6.93. The van der Waals surface area contributed by atoms with Gasteiger partial charge in [-0.25, -0.2) is 4.98 Å². The molecule has 2 unspecified atom stereocenters. The van der Waals surface area contributed by atoms with Gasteiger partial charge in [-0.3, -0.25) is 0 Å². The fraction of sp³-hybridized carbons (Fsp3) is 0.615. The Balaban J connectivity index is 2.11. The molecule has 0 amide bonds. The molecule has 1 aliphatic rings. The first kappa shape index (κ1) is 12.7. The molecule has 94 valence electrons. The third-order valence-electron chi connectivity index (χ3n) is 3.04. The van der Waals surface area contributed by atoms with E-state index in [1.807, 2.05) is 13.1 Å². The highest BCUT2D eigenvalue weighted by Gasteiger charge is 2.23. The van der Waals surface area contributed by atoms with Crippen molar-refractivity contribution in [1.82, 2.24) is 4.98 Å². The Morgan fingerprint density at radius 2 is 2.00 bits per heavy atom. The van der Waals surface area contributed by atoms with E-state index in [1.165, 1.54) is 0 Å². The van der Waals surface area contributed by atoms with Gasteiger partial charge >= 0.3 is 0 Å². The third kappa shape index (κ3) is 3.13. The maximum absolute atomic E-state index is 5.83. The molecule has 1 fully saturated rings. The highest BCUT2D eigenvalue weighted by Crippen LogP contribution is 2.27. The van der Waals surface area contributed by atoms with E-state index < -0.39 is 0 Å². The van der Waals surface area contributed by atoms with Crippen LogP contribution in [0.4, 0.5) is 5.82 Å². The molecule has 1 saturated heterocycles. The number of anilines is 1. The van der Waals surface area contributed by atoms with E-state index in [2.05, 4.69) is 47.6 Å². The minimum absolute atomic E-state index is 0.0614. The van der Waals surface area contributed by atoms with Crippen molar-refractivity contribution in [3.8, 4) is 0 Å². The summed E-state index contributed by atoms with van der Waals surface area (Å²) < 4.78 is 0. The normalized spacial score (nSPS) is 26.9. The Kier molecular flexibility index (Phi) is 3.94. The van der Waals surface area contributed by atoms with Crippen molar-refractivity contribution >= 4 is 17.6 Å². The van der Waals surface area contributed by atoms with Crippen LogP contribution in [0.5, 0.6) is 0 Å². The number of pyridine rings is 1. The van der Waals surface area contributed by atoms with Crippen LogP contribution in [-0.2, 0) is 0 Å². The topological polar surface area (TPSA) is 42.1 Å². The van der Waals surface area contributed by atoms with Gasteiger partial charge in [0.25, 0.3) is 0 Å². The number of hydrogen-bond acceptors (Lipinski definition) is 4. The molecule has 1 aliphatic heterocycles. The van der Waals surface area contributed by atoms with Crippen LogP contribution in [0.2, 0.25) is 0 Å². The number of nitrogens with zero attached hydrogens (tertiary/aromatic N) is 2. The van der Waals surface area contributed by atoms with Crippen molar-refractivity contribution in [3.05, 3.63) is 23.9 Å².